The summed E-state index contributed by atoms with van der Waals surface area (Å²) in [6, 6.07) is 0.0124. The van der Waals surface area contributed by atoms with Gasteiger partial charge in [-0.3, -0.25) is 4.79 Å². The second-order valence-electron chi connectivity index (χ2n) is 6.88. The van der Waals surface area contributed by atoms with Crippen molar-refractivity contribution in [3.8, 4) is 0 Å². The Balaban J connectivity index is 2.25. The molecule has 1 fully saturated rings. The largest absolute Gasteiger partial charge is 0.481 e. The van der Waals surface area contributed by atoms with Crippen molar-refractivity contribution in [3.05, 3.63) is 0 Å². The molecule has 0 bridgehead atoms. The molecule has 0 aliphatic heterocycles. The van der Waals surface area contributed by atoms with Crippen LogP contribution in [0.4, 0.5) is 4.79 Å². The number of amides is 2. The van der Waals surface area contributed by atoms with Gasteiger partial charge in [0.05, 0.1) is 0 Å². The zero-order chi connectivity index (χ0) is 15.9. The highest BCUT2D eigenvalue weighted by atomic mass is 16.4. The summed E-state index contributed by atoms with van der Waals surface area (Å²) in [6.45, 7) is 8.32. The number of carbonyl (C=O) groups is 2. The number of aliphatic carboxylic acids is 1. The number of carbonyl (C=O) groups excluding carboxylic acids is 1. The Labute approximate surface area is 128 Å². The maximum atomic E-state index is 12.1. The molecule has 0 radical (unpaired) electrons. The zero-order valence-electron chi connectivity index (χ0n) is 13.7. The summed E-state index contributed by atoms with van der Waals surface area (Å²) in [7, 11) is 0. The Hall–Kier alpha value is -1.26. The van der Waals surface area contributed by atoms with Crippen LogP contribution in [0.2, 0.25) is 0 Å². The Morgan fingerprint density at radius 2 is 1.95 bits per heavy atom. The van der Waals surface area contributed by atoms with E-state index in [0.717, 1.165) is 19.5 Å². The summed E-state index contributed by atoms with van der Waals surface area (Å²) in [5, 5.41) is 11.7. The first-order chi connectivity index (χ1) is 9.84. The third kappa shape index (κ3) is 6.82. The van der Waals surface area contributed by atoms with E-state index < -0.39 is 5.97 Å². The molecule has 0 saturated heterocycles. The minimum absolute atomic E-state index is 0.0124. The van der Waals surface area contributed by atoms with Crippen molar-refractivity contribution in [3.63, 3.8) is 0 Å². The van der Waals surface area contributed by atoms with Crippen molar-refractivity contribution in [1.29, 1.82) is 0 Å². The fourth-order valence-electron chi connectivity index (χ4n) is 2.53. The molecular formula is C16H30N2O3. The highest BCUT2D eigenvalue weighted by Gasteiger charge is 2.23. The van der Waals surface area contributed by atoms with Crippen molar-refractivity contribution >= 4 is 12.0 Å². The fourth-order valence-corrected chi connectivity index (χ4v) is 2.53. The number of nitrogens with zero attached hydrogens (tertiary/aromatic N) is 1. The van der Waals surface area contributed by atoms with E-state index >= 15 is 0 Å². The number of nitrogens with one attached hydrogen (secondary N) is 1. The van der Waals surface area contributed by atoms with E-state index in [1.54, 1.807) is 0 Å². The minimum atomic E-state index is -0.759. The average Bonchev–Trinajstić information content (AvgIpc) is 2.35. The van der Waals surface area contributed by atoms with Gasteiger partial charge < -0.3 is 15.3 Å². The van der Waals surface area contributed by atoms with Gasteiger partial charge in [-0.1, -0.05) is 20.3 Å². The number of carboxylic acids is 1. The van der Waals surface area contributed by atoms with Crippen molar-refractivity contribution in [2.24, 2.45) is 11.3 Å². The van der Waals surface area contributed by atoms with Crippen LogP contribution in [0.25, 0.3) is 0 Å². The average molecular weight is 298 g/mol. The standard InChI is InChI=1S/C16H30N2O3/c1-4-18(12-13-6-5-7-13)15(21)17-11-10-16(2,3)9-8-14(19)20/h13H,4-12H2,1-3H3,(H,17,21)(H,19,20). The van der Waals surface area contributed by atoms with Crippen LogP contribution < -0.4 is 5.32 Å². The number of urea groups is 1. The molecule has 1 saturated carbocycles. The first-order valence-electron chi connectivity index (χ1n) is 8.08. The van der Waals surface area contributed by atoms with E-state index in [2.05, 4.69) is 5.32 Å². The Bertz CT molecular complexity index is 351. The van der Waals surface area contributed by atoms with Crippen LogP contribution in [0, 0.1) is 11.3 Å². The number of hydrogen-bond acceptors (Lipinski definition) is 2. The van der Waals surface area contributed by atoms with E-state index in [-0.39, 0.29) is 17.9 Å². The maximum absolute atomic E-state index is 12.1. The molecule has 0 spiro atoms. The van der Waals surface area contributed by atoms with Crippen LogP contribution in [0.5, 0.6) is 0 Å². The minimum Gasteiger partial charge on any atom is -0.481 e. The van der Waals surface area contributed by atoms with Gasteiger partial charge in [0.2, 0.25) is 0 Å². The van der Waals surface area contributed by atoms with Crippen LogP contribution in [-0.4, -0.2) is 41.6 Å². The van der Waals surface area contributed by atoms with Crippen LogP contribution in [0.15, 0.2) is 0 Å². The SMILES string of the molecule is CCN(CC1CCC1)C(=O)NCCC(C)(C)CCC(=O)O. The number of carboxylic acid groups (broad SMARTS) is 1. The molecule has 2 N–H and O–H groups in total. The van der Waals surface area contributed by atoms with Crippen molar-refractivity contribution in [1.82, 2.24) is 10.2 Å². The van der Waals surface area contributed by atoms with Gasteiger partial charge in [-0.05, 0) is 43.9 Å². The molecule has 21 heavy (non-hydrogen) atoms. The number of rotatable bonds is 9. The molecule has 0 aromatic heterocycles. The van der Waals surface area contributed by atoms with Crippen LogP contribution >= 0.6 is 0 Å². The molecule has 5 heteroatoms. The normalized spacial score (nSPS) is 15.4. The lowest BCUT2D eigenvalue weighted by molar-refractivity contribution is -0.137. The van der Waals surface area contributed by atoms with E-state index in [1.165, 1.54) is 19.3 Å². The van der Waals surface area contributed by atoms with Gasteiger partial charge in [-0.25, -0.2) is 4.79 Å². The van der Waals surface area contributed by atoms with Crippen LogP contribution in [0.1, 0.15) is 59.3 Å². The molecule has 0 unspecified atom stereocenters. The van der Waals surface area contributed by atoms with E-state index in [9.17, 15) is 9.59 Å². The van der Waals surface area contributed by atoms with Crippen LogP contribution in [-0.2, 0) is 4.79 Å². The Morgan fingerprint density at radius 1 is 1.29 bits per heavy atom. The summed E-state index contributed by atoms with van der Waals surface area (Å²) >= 11 is 0. The molecule has 0 atom stereocenters. The summed E-state index contributed by atoms with van der Waals surface area (Å²) < 4.78 is 0. The lowest BCUT2D eigenvalue weighted by Gasteiger charge is -2.32. The van der Waals surface area contributed by atoms with Crippen molar-refractivity contribution in [2.45, 2.75) is 59.3 Å². The van der Waals surface area contributed by atoms with Gasteiger partial charge in [-0.15, -0.1) is 0 Å². The third-order valence-corrected chi connectivity index (χ3v) is 4.47. The van der Waals surface area contributed by atoms with Gasteiger partial charge >= 0.3 is 12.0 Å². The smallest absolute Gasteiger partial charge is 0.317 e. The lowest BCUT2D eigenvalue weighted by atomic mass is 9.84. The van der Waals surface area contributed by atoms with Gasteiger partial charge in [0.15, 0.2) is 0 Å². The summed E-state index contributed by atoms with van der Waals surface area (Å²) in [4.78, 5) is 24.6. The highest BCUT2D eigenvalue weighted by molar-refractivity contribution is 5.74. The van der Waals surface area contributed by atoms with Gasteiger partial charge in [0, 0.05) is 26.1 Å². The van der Waals surface area contributed by atoms with E-state index in [1.807, 2.05) is 25.7 Å². The molecule has 122 valence electrons. The zero-order valence-corrected chi connectivity index (χ0v) is 13.7. The van der Waals surface area contributed by atoms with Crippen molar-refractivity contribution < 1.29 is 14.7 Å². The van der Waals surface area contributed by atoms with Gasteiger partial charge in [0.25, 0.3) is 0 Å². The van der Waals surface area contributed by atoms with E-state index in [0.29, 0.717) is 18.9 Å². The number of hydrogen-bond donors (Lipinski definition) is 2. The molecule has 0 aromatic rings. The second-order valence-corrected chi connectivity index (χ2v) is 6.88. The molecule has 5 nitrogen and oxygen atoms in total. The second kappa shape index (κ2) is 8.25. The predicted octanol–water partition coefficient (Wildman–Crippen LogP) is 3.10. The molecule has 1 aliphatic carbocycles. The molecular weight excluding hydrogens is 268 g/mol. The van der Waals surface area contributed by atoms with Gasteiger partial charge in [0.1, 0.15) is 0 Å². The topological polar surface area (TPSA) is 69.6 Å². The highest BCUT2D eigenvalue weighted by Crippen LogP contribution is 2.27. The first-order valence-corrected chi connectivity index (χ1v) is 8.08. The lowest BCUT2D eigenvalue weighted by Crippen LogP contribution is -2.44. The monoisotopic (exact) mass is 298 g/mol. The first kappa shape index (κ1) is 17.8. The van der Waals surface area contributed by atoms with E-state index in [4.69, 9.17) is 5.11 Å². The fraction of sp³-hybridized carbons (Fsp3) is 0.875. The molecule has 0 heterocycles. The molecule has 0 aromatic carbocycles. The van der Waals surface area contributed by atoms with Crippen LogP contribution in [0.3, 0.4) is 0 Å². The Kier molecular flexibility index (Phi) is 6.99. The summed E-state index contributed by atoms with van der Waals surface area (Å²) in [6.07, 6.45) is 5.40. The van der Waals surface area contributed by atoms with Crippen molar-refractivity contribution in [2.75, 3.05) is 19.6 Å². The predicted molar refractivity (Wildman–Crippen MR) is 83.3 cm³/mol. The van der Waals surface area contributed by atoms with Gasteiger partial charge in [-0.2, -0.15) is 0 Å². The molecule has 1 rings (SSSR count). The molecule has 2 amide bonds. The third-order valence-electron chi connectivity index (χ3n) is 4.47. The summed E-state index contributed by atoms with van der Waals surface area (Å²) in [5.74, 6) is -0.0764. The maximum Gasteiger partial charge on any atom is 0.317 e. The quantitative estimate of drug-likeness (QED) is 0.687. The molecule has 1 aliphatic rings. The summed E-state index contributed by atoms with van der Waals surface area (Å²) in [5.41, 5.74) is -0.0588. The Morgan fingerprint density at radius 3 is 2.43 bits per heavy atom.